The smallest absolute Gasteiger partial charge is 0.231 e. The highest BCUT2D eigenvalue weighted by atomic mass is 16.5. The first kappa shape index (κ1) is 15.2. The molecule has 1 aromatic heterocycles. The Morgan fingerprint density at radius 2 is 2.14 bits per heavy atom. The summed E-state index contributed by atoms with van der Waals surface area (Å²) in [6.45, 7) is 7.82. The molecule has 6 nitrogen and oxygen atoms in total. The lowest BCUT2D eigenvalue weighted by Crippen LogP contribution is -2.40. The molecule has 2 aliphatic heterocycles. The van der Waals surface area contributed by atoms with Gasteiger partial charge in [-0.15, -0.1) is 0 Å². The van der Waals surface area contributed by atoms with E-state index in [2.05, 4.69) is 21.8 Å². The Kier molecular flexibility index (Phi) is 4.04. The minimum Gasteiger partial charge on any atom is -0.383 e. The summed E-state index contributed by atoms with van der Waals surface area (Å²) in [5.41, 5.74) is 0.774. The lowest BCUT2D eigenvalue weighted by Gasteiger charge is -2.26. The van der Waals surface area contributed by atoms with Crippen molar-refractivity contribution in [3.8, 4) is 0 Å². The molecule has 2 atom stereocenters. The average molecular weight is 304 g/mol. The lowest BCUT2D eigenvalue weighted by atomic mass is 9.78. The highest BCUT2D eigenvalue weighted by Crippen LogP contribution is 2.45. The minimum atomic E-state index is -0.276. The van der Waals surface area contributed by atoms with E-state index in [-0.39, 0.29) is 11.3 Å². The summed E-state index contributed by atoms with van der Waals surface area (Å²) in [4.78, 5) is 25.8. The van der Waals surface area contributed by atoms with Crippen LogP contribution in [0.1, 0.15) is 18.9 Å². The van der Waals surface area contributed by atoms with Crippen molar-refractivity contribution in [2.24, 2.45) is 11.3 Å². The number of anilines is 1. The first-order chi connectivity index (χ1) is 10.6. The predicted octanol–water partition coefficient (Wildman–Crippen LogP) is 1.11. The van der Waals surface area contributed by atoms with E-state index in [0.29, 0.717) is 19.1 Å². The van der Waals surface area contributed by atoms with E-state index >= 15 is 0 Å². The molecule has 3 heterocycles. The number of aryl methyl sites for hydroxylation is 1. The molecule has 0 radical (unpaired) electrons. The maximum absolute atomic E-state index is 12.9. The van der Waals surface area contributed by atoms with Crippen molar-refractivity contribution in [1.82, 2.24) is 14.9 Å². The number of ether oxygens (including phenoxy) is 1. The Balaban J connectivity index is 1.75. The number of likely N-dealkylation sites (tertiary alicyclic amines) is 1. The first-order valence-electron chi connectivity index (χ1n) is 7.89. The molecule has 0 aliphatic carbocycles. The van der Waals surface area contributed by atoms with Gasteiger partial charge in [-0.2, -0.15) is 0 Å². The van der Waals surface area contributed by atoms with Crippen LogP contribution in [0.3, 0.4) is 0 Å². The second kappa shape index (κ2) is 5.83. The highest BCUT2D eigenvalue weighted by Gasteiger charge is 2.55. The number of rotatable bonds is 4. The number of carbonyl (C=O) groups is 1. The third kappa shape index (κ3) is 2.45. The van der Waals surface area contributed by atoms with Gasteiger partial charge in [0, 0.05) is 45.7 Å². The van der Waals surface area contributed by atoms with Crippen LogP contribution in [0.2, 0.25) is 0 Å². The summed E-state index contributed by atoms with van der Waals surface area (Å²) in [6.07, 6.45) is 4.58. The van der Waals surface area contributed by atoms with Crippen LogP contribution in [0, 0.1) is 18.3 Å². The molecular weight excluding hydrogens is 280 g/mol. The zero-order valence-electron chi connectivity index (χ0n) is 13.6. The molecular formula is C16H24N4O2. The fourth-order valence-electron chi connectivity index (χ4n) is 3.64. The SMILES string of the molecule is COCCN1CC[C@]2(CN(c3ncc(C)cn3)C[C@H]2C)C1=O. The number of hydrogen-bond donors (Lipinski definition) is 0. The van der Waals surface area contributed by atoms with Gasteiger partial charge in [0.15, 0.2) is 0 Å². The summed E-state index contributed by atoms with van der Waals surface area (Å²) in [5.74, 6) is 1.32. The second-order valence-electron chi connectivity index (χ2n) is 6.53. The molecule has 2 saturated heterocycles. The molecule has 2 aliphatic rings. The van der Waals surface area contributed by atoms with Crippen molar-refractivity contribution in [2.75, 3.05) is 44.8 Å². The Hall–Kier alpha value is -1.69. The van der Waals surface area contributed by atoms with E-state index in [1.807, 2.05) is 24.2 Å². The second-order valence-corrected chi connectivity index (χ2v) is 6.53. The molecule has 1 aromatic rings. The predicted molar refractivity (Wildman–Crippen MR) is 83.7 cm³/mol. The largest absolute Gasteiger partial charge is 0.383 e. The van der Waals surface area contributed by atoms with Gasteiger partial charge in [-0.3, -0.25) is 4.79 Å². The van der Waals surface area contributed by atoms with Crippen molar-refractivity contribution in [3.05, 3.63) is 18.0 Å². The third-order valence-electron chi connectivity index (χ3n) is 5.07. The molecule has 6 heteroatoms. The van der Waals surface area contributed by atoms with Crippen LogP contribution in [0.5, 0.6) is 0 Å². The summed E-state index contributed by atoms with van der Waals surface area (Å²) in [6, 6.07) is 0. The normalized spacial score (nSPS) is 28.1. The van der Waals surface area contributed by atoms with Crippen molar-refractivity contribution in [1.29, 1.82) is 0 Å². The number of hydrogen-bond acceptors (Lipinski definition) is 5. The number of carbonyl (C=O) groups excluding carboxylic acids is 1. The Labute approximate surface area is 131 Å². The number of aromatic nitrogens is 2. The number of nitrogens with zero attached hydrogens (tertiary/aromatic N) is 4. The molecule has 1 amide bonds. The van der Waals surface area contributed by atoms with Crippen LogP contribution in [0.25, 0.3) is 0 Å². The number of methoxy groups -OCH3 is 1. The van der Waals surface area contributed by atoms with Gasteiger partial charge in [0.05, 0.1) is 12.0 Å². The van der Waals surface area contributed by atoms with Gasteiger partial charge in [-0.1, -0.05) is 6.92 Å². The summed E-state index contributed by atoms with van der Waals surface area (Å²) in [7, 11) is 1.67. The molecule has 0 unspecified atom stereocenters. The van der Waals surface area contributed by atoms with Crippen LogP contribution in [-0.2, 0) is 9.53 Å². The highest BCUT2D eigenvalue weighted by molar-refractivity contribution is 5.86. The fourth-order valence-corrected chi connectivity index (χ4v) is 3.64. The topological polar surface area (TPSA) is 58.6 Å². The van der Waals surface area contributed by atoms with Crippen molar-refractivity contribution in [2.45, 2.75) is 20.3 Å². The van der Waals surface area contributed by atoms with Crippen LogP contribution in [0.4, 0.5) is 5.95 Å². The van der Waals surface area contributed by atoms with Crippen LogP contribution in [-0.4, -0.2) is 60.7 Å². The summed E-state index contributed by atoms with van der Waals surface area (Å²) >= 11 is 0. The van der Waals surface area contributed by atoms with E-state index in [9.17, 15) is 4.79 Å². The van der Waals surface area contributed by atoms with Crippen LogP contribution in [0.15, 0.2) is 12.4 Å². The standard InChI is InChI=1S/C16H24N4O2/c1-12-8-17-15(18-9-12)20-10-13(2)16(11-20)4-5-19(14(16)21)6-7-22-3/h8-9,13H,4-7,10-11H2,1-3H3/t13-,16-/m1/s1. The van der Waals surface area contributed by atoms with Crippen molar-refractivity contribution >= 4 is 11.9 Å². The Morgan fingerprint density at radius 1 is 1.41 bits per heavy atom. The van der Waals surface area contributed by atoms with E-state index in [1.165, 1.54) is 0 Å². The molecule has 22 heavy (non-hydrogen) atoms. The molecule has 120 valence electrons. The quantitative estimate of drug-likeness (QED) is 0.834. The average Bonchev–Trinajstić information content (AvgIpc) is 3.01. The molecule has 0 bridgehead atoms. The number of amides is 1. The van der Waals surface area contributed by atoms with Crippen LogP contribution < -0.4 is 4.90 Å². The van der Waals surface area contributed by atoms with E-state index in [0.717, 1.165) is 37.6 Å². The summed E-state index contributed by atoms with van der Waals surface area (Å²) in [5, 5.41) is 0. The molecule has 0 N–H and O–H groups in total. The van der Waals surface area contributed by atoms with Gasteiger partial charge in [0.2, 0.25) is 11.9 Å². The van der Waals surface area contributed by atoms with Gasteiger partial charge in [0.25, 0.3) is 0 Å². The summed E-state index contributed by atoms with van der Waals surface area (Å²) < 4.78 is 5.11. The van der Waals surface area contributed by atoms with Crippen molar-refractivity contribution in [3.63, 3.8) is 0 Å². The van der Waals surface area contributed by atoms with Gasteiger partial charge >= 0.3 is 0 Å². The minimum absolute atomic E-state index is 0.270. The van der Waals surface area contributed by atoms with E-state index in [4.69, 9.17) is 4.74 Å². The monoisotopic (exact) mass is 304 g/mol. The Bertz CT molecular complexity index is 548. The van der Waals surface area contributed by atoms with E-state index < -0.39 is 0 Å². The maximum Gasteiger partial charge on any atom is 0.231 e. The van der Waals surface area contributed by atoms with E-state index in [1.54, 1.807) is 7.11 Å². The zero-order chi connectivity index (χ0) is 15.7. The Morgan fingerprint density at radius 3 is 2.82 bits per heavy atom. The molecule has 0 saturated carbocycles. The van der Waals surface area contributed by atoms with Gasteiger partial charge < -0.3 is 14.5 Å². The molecule has 3 rings (SSSR count). The van der Waals surface area contributed by atoms with Crippen LogP contribution >= 0.6 is 0 Å². The van der Waals surface area contributed by atoms with Gasteiger partial charge in [-0.05, 0) is 24.8 Å². The lowest BCUT2D eigenvalue weighted by molar-refractivity contribution is -0.137. The van der Waals surface area contributed by atoms with Gasteiger partial charge in [0.1, 0.15) is 0 Å². The zero-order valence-corrected chi connectivity index (χ0v) is 13.6. The van der Waals surface area contributed by atoms with Crippen molar-refractivity contribution < 1.29 is 9.53 Å². The molecule has 2 fully saturated rings. The fraction of sp³-hybridized carbons (Fsp3) is 0.688. The maximum atomic E-state index is 12.9. The molecule has 0 aromatic carbocycles. The van der Waals surface area contributed by atoms with Gasteiger partial charge in [-0.25, -0.2) is 9.97 Å². The molecule has 1 spiro atoms. The first-order valence-corrected chi connectivity index (χ1v) is 7.89. The third-order valence-corrected chi connectivity index (χ3v) is 5.07.